The van der Waals surface area contributed by atoms with Crippen LogP contribution < -0.4 is 10.1 Å². The van der Waals surface area contributed by atoms with E-state index in [0.29, 0.717) is 5.95 Å². The minimum Gasteiger partial charge on any atom is -0.480 e. The fourth-order valence-corrected chi connectivity index (χ4v) is 4.43. The normalized spacial score (nSPS) is 19.0. The van der Waals surface area contributed by atoms with Crippen molar-refractivity contribution in [1.29, 1.82) is 0 Å². The van der Waals surface area contributed by atoms with Crippen molar-refractivity contribution in [3.05, 3.63) is 113 Å². The van der Waals surface area contributed by atoms with Crippen molar-refractivity contribution in [3.63, 3.8) is 0 Å². The van der Waals surface area contributed by atoms with Gasteiger partial charge in [0.25, 0.3) is 0 Å². The van der Waals surface area contributed by atoms with E-state index in [4.69, 9.17) is 4.74 Å². The van der Waals surface area contributed by atoms with E-state index in [-0.39, 0.29) is 11.9 Å². The molecule has 6 rings (SSSR count). The Morgan fingerprint density at radius 1 is 0.968 bits per heavy atom. The van der Waals surface area contributed by atoms with Crippen molar-refractivity contribution in [3.8, 4) is 5.75 Å². The molecule has 152 valence electrons. The molecule has 0 aliphatic carbocycles. The molecule has 0 spiro atoms. The molecule has 0 saturated heterocycles. The SMILES string of the molecule is Cc1ccc([C@H]2C3=C(Nc4ncnn42)c2ccccc2O[C@H]3c2cccc(F)c2)cc1. The zero-order chi connectivity index (χ0) is 20.9. The Bertz CT molecular complexity index is 1330. The molecular weight excluding hydrogens is 391 g/mol. The summed E-state index contributed by atoms with van der Waals surface area (Å²) in [4.78, 5) is 4.43. The van der Waals surface area contributed by atoms with E-state index >= 15 is 0 Å². The molecule has 2 aliphatic rings. The Balaban J connectivity index is 1.63. The van der Waals surface area contributed by atoms with Gasteiger partial charge in [-0.2, -0.15) is 10.1 Å². The fourth-order valence-electron chi connectivity index (χ4n) is 4.43. The van der Waals surface area contributed by atoms with Crippen LogP contribution in [0.4, 0.5) is 10.3 Å². The van der Waals surface area contributed by atoms with Gasteiger partial charge in [-0.15, -0.1) is 0 Å². The fraction of sp³-hybridized carbons (Fsp3) is 0.120. The van der Waals surface area contributed by atoms with Gasteiger partial charge in [0.1, 0.15) is 30.0 Å². The number of aryl methyl sites for hydroxylation is 1. The molecule has 2 atom stereocenters. The number of hydrogen-bond acceptors (Lipinski definition) is 4. The van der Waals surface area contributed by atoms with Gasteiger partial charge in [-0.1, -0.05) is 54.1 Å². The summed E-state index contributed by atoms with van der Waals surface area (Å²) in [7, 11) is 0. The maximum atomic E-state index is 14.2. The van der Waals surface area contributed by atoms with E-state index in [1.807, 2.05) is 35.0 Å². The molecule has 3 heterocycles. The van der Waals surface area contributed by atoms with E-state index in [1.54, 1.807) is 12.4 Å². The van der Waals surface area contributed by atoms with Crippen molar-refractivity contribution in [2.24, 2.45) is 0 Å². The average molecular weight is 410 g/mol. The first-order valence-corrected chi connectivity index (χ1v) is 10.2. The van der Waals surface area contributed by atoms with Crippen LogP contribution in [0.3, 0.4) is 0 Å². The number of rotatable bonds is 2. The first-order valence-electron chi connectivity index (χ1n) is 10.2. The van der Waals surface area contributed by atoms with E-state index < -0.39 is 6.10 Å². The molecule has 6 heteroatoms. The Kier molecular flexibility index (Phi) is 3.93. The average Bonchev–Trinajstić information content (AvgIpc) is 3.26. The molecule has 2 aliphatic heterocycles. The van der Waals surface area contributed by atoms with Gasteiger partial charge in [0, 0.05) is 11.1 Å². The first kappa shape index (κ1) is 17.9. The molecule has 4 aromatic rings. The monoisotopic (exact) mass is 410 g/mol. The Morgan fingerprint density at radius 3 is 2.65 bits per heavy atom. The van der Waals surface area contributed by atoms with E-state index in [1.165, 1.54) is 17.7 Å². The number of benzene rings is 3. The molecule has 0 radical (unpaired) electrons. The van der Waals surface area contributed by atoms with Crippen LogP contribution in [0.2, 0.25) is 0 Å². The highest BCUT2D eigenvalue weighted by Gasteiger charge is 2.40. The second kappa shape index (κ2) is 6.80. The number of para-hydroxylation sites is 1. The Labute approximate surface area is 178 Å². The van der Waals surface area contributed by atoms with Gasteiger partial charge in [0.15, 0.2) is 0 Å². The van der Waals surface area contributed by atoms with Crippen molar-refractivity contribution in [2.45, 2.75) is 19.1 Å². The van der Waals surface area contributed by atoms with E-state index in [9.17, 15) is 4.39 Å². The highest BCUT2D eigenvalue weighted by Crippen LogP contribution is 2.50. The standard InChI is InChI=1S/C25H19FN4O/c1-15-9-11-16(12-10-15)23-21-22(29-25-27-14-28-30(23)25)19-7-2-3-8-20(19)31-24(21)17-5-4-6-18(26)13-17/h2-14,23-24H,1H3,(H,27,28,29)/t23-,24-/m0/s1. The quantitative estimate of drug-likeness (QED) is 0.488. The summed E-state index contributed by atoms with van der Waals surface area (Å²) >= 11 is 0. The van der Waals surface area contributed by atoms with E-state index in [0.717, 1.165) is 33.7 Å². The second-order valence-corrected chi connectivity index (χ2v) is 7.85. The van der Waals surface area contributed by atoms with Crippen LogP contribution in [0.5, 0.6) is 5.75 Å². The maximum Gasteiger partial charge on any atom is 0.226 e. The topological polar surface area (TPSA) is 52.0 Å². The molecular formula is C25H19FN4O. The number of fused-ring (bicyclic) bond motifs is 3. The van der Waals surface area contributed by atoms with Gasteiger partial charge in [-0.25, -0.2) is 9.07 Å². The van der Waals surface area contributed by atoms with Gasteiger partial charge in [0.05, 0.1) is 5.70 Å². The Hall–Kier alpha value is -3.93. The van der Waals surface area contributed by atoms with Crippen LogP contribution in [0, 0.1) is 12.7 Å². The minimum absolute atomic E-state index is 0.240. The van der Waals surface area contributed by atoms with Crippen molar-refractivity contribution in [1.82, 2.24) is 14.8 Å². The lowest BCUT2D eigenvalue weighted by Gasteiger charge is -2.39. The molecule has 1 aromatic heterocycles. The number of halogens is 1. The summed E-state index contributed by atoms with van der Waals surface area (Å²) in [5.74, 6) is 1.12. The number of anilines is 1. The summed E-state index contributed by atoms with van der Waals surface area (Å²) in [6.45, 7) is 2.06. The second-order valence-electron chi connectivity index (χ2n) is 7.85. The molecule has 1 N–H and O–H groups in total. The highest BCUT2D eigenvalue weighted by molar-refractivity contribution is 5.85. The van der Waals surface area contributed by atoms with Crippen LogP contribution in [0.15, 0.2) is 84.7 Å². The van der Waals surface area contributed by atoms with Gasteiger partial charge < -0.3 is 10.1 Å². The molecule has 5 nitrogen and oxygen atoms in total. The molecule has 0 saturated carbocycles. The zero-order valence-corrected chi connectivity index (χ0v) is 16.8. The maximum absolute atomic E-state index is 14.2. The summed E-state index contributed by atoms with van der Waals surface area (Å²) in [5, 5.41) is 7.96. The predicted molar refractivity (Wildman–Crippen MR) is 116 cm³/mol. The lowest BCUT2D eigenvalue weighted by molar-refractivity contribution is 0.222. The molecule has 31 heavy (non-hydrogen) atoms. The van der Waals surface area contributed by atoms with Gasteiger partial charge in [-0.3, -0.25) is 0 Å². The predicted octanol–water partition coefficient (Wildman–Crippen LogP) is 5.29. The molecule has 0 bridgehead atoms. The minimum atomic E-state index is -0.475. The summed E-state index contributed by atoms with van der Waals surface area (Å²) in [6.07, 6.45) is 1.07. The summed E-state index contributed by atoms with van der Waals surface area (Å²) in [6, 6.07) is 22.6. The first-order chi connectivity index (χ1) is 15.2. The summed E-state index contributed by atoms with van der Waals surface area (Å²) in [5.41, 5.74) is 5.86. The lowest BCUT2D eigenvalue weighted by Crippen LogP contribution is -2.32. The van der Waals surface area contributed by atoms with Crippen LogP contribution in [0.25, 0.3) is 5.70 Å². The molecule has 0 fully saturated rings. The highest BCUT2D eigenvalue weighted by atomic mass is 19.1. The van der Waals surface area contributed by atoms with Gasteiger partial charge in [0.2, 0.25) is 5.95 Å². The van der Waals surface area contributed by atoms with Crippen LogP contribution in [0.1, 0.15) is 34.4 Å². The number of nitrogens with one attached hydrogen (secondary N) is 1. The zero-order valence-electron chi connectivity index (χ0n) is 16.8. The third-order valence-corrected chi connectivity index (χ3v) is 5.87. The molecule has 3 aromatic carbocycles. The largest absolute Gasteiger partial charge is 0.480 e. The Morgan fingerprint density at radius 2 is 1.81 bits per heavy atom. The molecule has 0 unspecified atom stereocenters. The number of hydrogen-bond donors (Lipinski definition) is 1. The number of nitrogens with zero attached hydrogens (tertiary/aromatic N) is 3. The smallest absolute Gasteiger partial charge is 0.226 e. The van der Waals surface area contributed by atoms with Crippen LogP contribution in [-0.4, -0.2) is 14.8 Å². The van der Waals surface area contributed by atoms with Crippen molar-refractivity contribution >= 4 is 11.6 Å². The van der Waals surface area contributed by atoms with Crippen LogP contribution >= 0.6 is 0 Å². The third kappa shape index (κ3) is 2.83. The number of ether oxygens (including phenoxy) is 1. The van der Waals surface area contributed by atoms with E-state index in [2.05, 4.69) is 46.6 Å². The van der Waals surface area contributed by atoms with Crippen molar-refractivity contribution < 1.29 is 9.13 Å². The third-order valence-electron chi connectivity index (χ3n) is 5.87. The summed E-state index contributed by atoms with van der Waals surface area (Å²) < 4.78 is 22.5. The van der Waals surface area contributed by atoms with Crippen LogP contribution in [-0.2, 0) is 0 Å². The lowest BCUT2D eigenvalue weighted by atomic mass is 9.84. The van der Waals surface area contributed by atoms with Gasteiger partial charge >= 0.3 is 0 Å². The van der Waals surface area contributed by atoms with Gasteiger partial charge in [-0.05, 0) is 42.3 Å². The molecule has 0 amide bonds. The number of aromatic nitrogens is 3. The van der Waals surface area contributed by atoms with Crippen molar-refractivity contribution in [2.75, 3.05) is 5.32 Å².